The van der Waals surface area contributed by atoms with Crippen LogP contribution in [0.2, 0.25) is 0 Å². The van der Waals surface area contributed by atoms with Crippen molar-refractivity contribution >= 4 is 6.08 Å². The summed E-state index contributed by atoms with van der Waals surface area (Å²) in [5, 5.41) is 29.4. The van der Waals surface area contributed by atoms with Crippen LogP contribution in [0.5, 0.6) is 23.0 Å². The van der Waals surface area contributed by atoms with Crippen molar-refractivity contribution in [1.82, 2.24) is 4.90 Å². The molecule has 3 N–H and O–H groups in total. The van der Waals surface area contributed by atoms with Crippen molar-refractivity contribution in [3.05, 3.63) is 52.6 Å². The fraction of sp³-hybridized carbons (Fsp3) is 0.440. The lowest BCUT2D eigenvalue weighted by atomic mass is 9.90. The highest BCUT2D eigenvalue weighted by Crippen LogP contribution is 2.51. The van der Waals surface area contributed by atoms with Gasteiger partial charge in [0, 0.05) is 36.7 Å². The van der Waals surface area contributed by atoms with Gasteiger partial charge in [-0.2, -0.15) is 0 Å². The lowest BCUT2D eigenvalue weighted by molar-refractivity contribution is 0.154. The summed E-state index contributed by atoms with van der Waals surface area (Å²) in [4.78, 5) is 1.87. The molecular formula is C25H33NO6. The Balaban J connectivity index is 2.00. The largest absolute Gasteiger partial charge is 0.504 e. The number of phenolic OH excluding ortho intramolecular Hbond substituents is 1. The normalized spacial score (nSPS) is 17.6. The first-order valence-corrected chi connectivity index (χ1v) is 10.8. The minimum Gasteiger partial charge on any atom is -0.504 e. The molecular weight excluding hydrogens is 410 g/mol. The molecule has 0 unspecified atom stereocenters. The Labute approximate surface area is 189 Å². The second-order valence-corrected chi connectivity index (χ2v) is 7.92. The summed E-state index contributed by atoms with van der Waals surface area (Å²) >= 11 is 0. The Hall–Kier alpha value is -2.74. The maximum Gasteiger partial charge on any atom is 0.165 e. The van der Waals surface area contributed by atoms with Crippen LogP contribution in [0.15, 0.2) is 30.3 Å². The van der Waals surface area contributed by atoms with Gasteiger partial charge in [-0.15, -0.1) is 0 Å². The van der Waals surface area contributed by atoms with Crippen molar-refractivity contribution < 1.29 is 29.5 Å². The Morgan fingerprint density at radius 3 is 2.31 bits per heavy atom. The Morgan fingerprint density at radius 1 is 1.03 bits per heavy atom. The van der Waals surface area contributed by atoms with E-state index in [9.17, 15) is 15.3 Å². The van der Waals surface area contributed by atoms with Gasteiger partial charge in [-0.3, -0.25) is 4.90 Å². The molecule has 0 aromatic heterocycles. The monoisotopic (exact) mass is 443 g/mol. The molecule has 2 aromatic rings. The molecule has 174 valence electrons. The van der Waals surface area contributed by atoms with Crippen LogP contribution in [0.4, 0.5) is 0 Å². The maximum atomic E-state index is 10.7. The van der Waals surface area contributed by atoms with E-state index in [2.05, 4.69) is 13.0 Å². The molecule has 1 heterocycles. The number of allylic oxidation sites excluding steroid dienone is 1. The average Bonchev–Trinajstić information content (AvgIpc) is 3.11. The molecule has 1 aliphatic heterocycles. The predicted octanol–water partition coefficient (Wildman–Crippen LogP) is 3.47. The van der Waals surface area contributed by atoms with Crippen molar-refractivity contribution in [2.45, 2.75) is 32.4 Å². The van der Waals surface area contributed by atoms with Crippen LogP contribution in [0.25, 0.3) is 6.08 Å². The first-order chi connectivity index (χ1) is 15.5. The second kappa shape index (κ2) is 10.7. The number of nitrogens with zero attached hydrogens (tertiary/aromatic N) is 1. The number of phenols is 1. The fourth-order valence-corrected chi connectivity index (χ4v) is 4.22. The van der Waals surface area contributed by atoms with Gasteiger partial charge in [-0.1, -0.05) is 19.1 Å². The fourth-order valence-electron chi connectivity index (χ4n) is 4.22. The standard InChI is InChI=1S/C25H33NO6/c1-5-6-17-11-20-16(2)24(32-25(20)22(12-17)31-4)18-13-19(23(29)21(14-18)30-3)15-26(7-9-27)8-10-28/h5-6,11-14,16,24,27-29H,7-10,15H2,1-4H3/b6-5+/t16-,24-/m0/s1. The van der Waals surface area contributed by atoms with Gasteiger partial charge in [-0.05, 0) is 42.3 Å². The zero-order valence-electron chi connectivity index (χ0n) is 19.2. The van der Waals surface area contributed by atoms with E-state index in [1.165, 1.54) is 7.11 Å². The number of fused-ring (bicyclic) bond motifs is 1. The molecule has 0 fully saturated rings. The van der Waals surface area contributed by atoms with Gasteiger partial charge in [0.1, 0.15) is 6.10 Å². The molecule has 0 aliphatic carbocycles. The van der Waals surface area contributed by atoms with Gasteiger partial charge >= 0.3 is 0 Å². The number of benzene rings is 2. The topological polar surface area (TPSA) is 91.6 Å². The lowest BCUT2D eigenvalue weighted by Crippen LogP contribution is -2.29. The molecule has 7 nitrogen and oxygen atoms in total. The average molecular weight is 444 g/mol. The maximum absolute atomic E-state index is 10.7. The Morgan fingerprint density at radius 2 is 1.72 bits per heavy atom. The van der Waals surface area contributed by atoms with Crippen molar-refractivity contribution in [1.29, 1.82) is 0 Å². The second-order valence-electron chi connectivity index (χ2n) is 7.92. The molecule has 0 amide bonds. The summed E-state index contributed by atoms with van der Waals surface area (Å²) in [6.07, 6.45) is 3.74. The van der Waals surface area contributed by atoms with Gasteiger partial charge in [-0.25, -0.2) is 0 Å². The SMILES string of the molecule is C/C=C/c1cc(OC)c2c(c1)[C@H](C)[C@@H](c1cc(CN(CCO)CCO)c(O)c(OC)c1)O2. The van der Waals surface area contributed by atoms with E-state index in [1.807, 2.05) is 36.1 Å². The Kier molecular flexibility index (Phi) is 8.01. The Bertz CT molecular complexity index is 952. The summed E-state index contributed by atoms with van der Waals surface area (Å²) in [6.45, 7) is 5.15. The van der Waals surface area contributed by atoms with Gasteiger partial charge in [0.15, 0.2) is 23.0 Å². The van der Waals surface area contributed by atoms with Crippen LogP contribution in [0, 0.1) is 0 Å². The highest BCUT2D eigenvalue weighted by molar-refractivity contribution is 5.62. The molecule has 0 spiro atoms. The number of hydrogen-bond acceptors (Lipinski definition) is 7. The molecule has 2 atom stereocenters. The summed E-state index contributed by atoms with van der Waals surface area (Å²) < 4.78 is 17.4. The molecule has 7 heteroatoms. The van der Waals surface area contributed by atoms with Gasteiger partial charge in [0.25, 0.3) is 0 Å². The zero-order chi connectivity index (χ0) is 23.3. The summed E-state index contributed by atoms with van der Waals surface area (Å²) in [7, 11) is 3.15. The molecule has 3 rings (SSSR count). The van der Waals surface area contributed by atoms with Crippen LogP contribution in [0.1, 0.15) is 48.1 Å². The highest BCUT2D eigenvalue weighted by atomic mass is 16.5. The lowest BCUT2D eigenvalue weighted by Gasteiger charge is -2.23. The third kappa shape index (κ3) is 4.85. The third-order valence-corrected chi connectivity index (χ3v) is 5.83. The third-order valence-electron chi connectivity index (χ3n) is 5.83. The number of aliphatic hydroxyl groups excluding tert-OH is 2. The molecule has 0 radical (unpaired) electrons. The van der Waals surface area contributed by atoms with E-state index in [4.69, 9.17) is 14.2 Å². The van der Waals surface area contributed by atoms with Crippen molar-refractivity contribution in [3.63, 3.8) is 0 Å². The van der Waals surface area contributed by atoms with E-state index < -0.39 is 0 Å². The predicted molar refractivity (Wildman–Crippen MR) is 124 cm³/mol. The van der Waals surface area contributed by atoms with E-state index in [0.29, 0.717) is 36.7 Å². The molecule has 0 bridgehead atoms. The van der Waals surface area contributed by atoms with E-state index in [0.717, 1.165) is 22.4 Å². The van der Waals surface area contributed by atoms with Crippen molar-refractivity contribution in [2.24, 2.45) is 0 Å². The smallest absolute Gasteiger partial charge is 0.165 e. The minimum atomic E-state index is -0.280. The van der Waals surface area contributed by atoms with Gasteiger partial charge in [0.05, 0.1) is 27.4 Å². The molecule has 1 aliphatic rings. The van der Waals surface area contributed by atoms with Crippen LogP contribution in [0.3, 0.4) is 0 Å². The minimum absolute atomic E-state index is 0.0377. The highest BCUT2D eigenvalue weighted by Gasteiger charge is 2.36. The quantitative estimate of drug-likeness (QED) is 0.518. The molecule has 32 heavy (non-hydrogen) atoms. The number of rotatable bonds is 10. The first kappa shape index (κ1) is 23.9. The van der Waals surface area contributed by atoms with Crippen LogP contribution < -0.4 is 14.2 Å². The van der Waals surface area contributed by atoms with E-state index >= 15 is 0 Å². The van der Waals surface area contributed by atoms with E-state index in [-0.39, 0.29) is 31.0 Å². The van der Waals surface area contributed by atoms with Crippen LogP contribution in [-0.4, -0.2) is 60.7 Å². The van der Waals surface area contributed by atoms with E-state index in [1.54, 1.807) is 13.2 Å². The molecule has 0 saturated carbocycles. The number of aliphatic hydroxyl groups is 2. The first-order valence-electron chi connectivity index (χ1n) is 10.8. The number of ether oxygens (including phenoxy) is 3. The van der Waals surface area contributed by atoms with Gasteiger partial charge in [0.2, 0.25) is 0 Å². The number of hydrogen-bond donors (Lipinski definition) is 3. The number of aromatic hydroxyl groups is 1. The molecule has 2 aromatic carbocycles. The molecule has 0 saturated heterocycles. The van der Waals surface area contributed by atoms with Crippen molar-refractivity contribution in [3.8, 4) is 23.0 Å². The summed E-state index contributed by atoms with van der Waals surface area (Å²) in [6, 6.07) is 7.78. The summed E-state index contributed by atoms with van der Waals surface area (Å²) in [5.74, 6) is 1.88. The van der Waals surface area contributed by atoms with Crippen LogP contribution >= 0.6 is 0 Å². The number of methoxy groups -OCH3 is 2. The summed E-state index contributed by atoms with van der Waals surface area (Å²) in [5.41, 5.74) is 3.64. The van der Waals surface area contributed by atoms with Crippen molar-refractivity contribution in [2.75, 3.05) is 40.5 Å². The zero-order valence-corrected chi connectivity index (χ0v) is 19.2. The van der Waals surface area contributed by atoms with Gasteiger partial charge < -0.3 is 29.5 Å². The van der Waals surface area contributed by atoms with Crippen LogP contribution in [-0.2, 0) is 6.54 Å².